The van der Waals surface area contributed by atoms with Crippen molar-refractivity contribution in [3.63, 3.8) is 0 Å². The van der Waals surface area contributed by atoms with Gasteiger partial charge in [-0.2, -0.15) is 0 Å². The minimum atomic E-state index is 0.561. The maximum absolute atomic E-state index is 6.21. The molecule has 3 aliphatic carbocycles. The molecular weight excluding hydrogens is 158 g/mol. The topological polar surface area (TPSA) is 26.0 Å². The Morgan fingerprint density at radius 2 is 1.31 bits per heavy atom. The van der Waals surface area contributed by atoms with Gasteiger partial charge in [0.05, 0.1) is 0 Å². The van der Waals surface area contributed by atoms with Crippen molar-refractivity contribution < 1.29 is 0 Å². The summed E-state index contributed by atoms with van der Waals surface area (Å²) in [5.41, 5.74) is 6.21. The lowest BCUT2D eigenvalue weighted by Crippen LogP contribution is -2.27. The monoisotopic (exact) mass is 179 g/mol. The van der Waals surface area contributed by atoms with Crippen molar-refractivity contribution in [1.29, 1.82) is 0 Å². The van der Waals surface area contributed by atoms with Crippen LogP contribution in [0.5, 0.6) is 0 Å². The summed E-state index contributed by atoms with van der Waals surface area (Å²) in [6, 6.07) is 0.561. The Bertz CT molecular complexity index is 177. The molecule has 1 nitrogen and oxygen atoms in total. The molecule has 0 saturated heterocycles. The molecule has 3 saturated carbocycles. The van der Waals surface area contributed by atoms with Gasteiger partial charge in [0.2, 0.25) is 0 Å². The van der Waals surface area contributed by atoms with Crippen LogP contribution in [-0.4, -0.2) is 6.04 Å². The summed E-state index contributed by atoms with van der Waals surface area (Å²) in [7, 11) is 0. The van der Waals surface area contributed by atoms with Gasteiger partial charge in [0, 0.05) is 6.04 Å². The van der Waals surface area contributed by atoms with Crippen LogP contribution in [0.1, 0.15) is 44.9 Å². The molecule has 1 heteroatoms. The van der Waals surface area contributed by atoms with Crippen LogP contribution in [0, 0.1) is 23.7 Å². The van der Waals surface area contributed by atoms with Crippen molar-refractivity contribution in [2.24, 2.45) is 29.4 Å². The lowest BCUT2D eigenvalue weighted by atomic mass is 9.89. The molecule has 0 heterocycles. The highest BCUT2D eigenvalue weighted by molar-refractivity contribution is 4.95. The van der Waals surface area contributed by atoms with E-state index in [2.05, 4.69) is 0 Å². The molecule has 1 atom stereocenters. The van der Waals surface area contributed by atoms with Gasteiger partial charge in [-0.25, -0.2) is 0 Å². The molecule has 1 unspecified atom stereocenters. The van der Waals surface area contributed by atoms with Crippen LogP contribution in [-0.2, 0) is 0 Å². The highest BCUT2D eigenvalue weighted by Crippen LogP contribution is 2.52. The molecule has 13 heavy (non-hydrogen) atoms. The minimum Gasteiger partial charge on any atom is -0.327 e. The van der Waals surface area contributed by atoms with E-state index in [0.29, 0.717) is 6.04 Å². The fourth-order valence-electron chi connectivity index (χ4n) is 2.85. The van der Waals surface area contributed by atoms with Gasteiger partial charge in [0.1, 0.15) is 0 Å². The molecule has 0 aromatic carbocycles. The summed E-state index contributed by atoms with van der Waals surface area (Å²) < 4.78 is 0. The van der Waals surface area contributed by atoms with Gasteiger partial charge in [-0.1, -0.05) is 0 Å². The second-order valence-electron chi connectivity index (χ2n) is 5.58. The Balaban J connectivity index is 1.54. The van der Waals surface area contributed by atoms with E-state index >= 15 is 0 Å². The first kappa shape index (κ1) is 8.28. The van der Waals surface area contributed by atoms with Crippen molar-refractivity contribution in [3.05, 3.63) is 0 Å². The average Bonchev–Trinajstić information content (AvgIpc) is 3.05. The van der Waals surface area contributed by atoms with Crippen LogP contribution in [0.2, 0.25) is 0 Å². The first-order valence-corrected chi connectivity index (χ1v) is 6.10. The number of nitrogens with two attached hydrogens (primary N) is 1. The molecule has 0 bridgehead atoms. The van der Waals surface area contributed by atoms with Crippen molar-refractivity contribution in [2.45, 2.75) is 51.0 Å². The van der Waals surface area contributed by atoms with Gasteiger partial charge < -0.3 is 5.73 Å². The van der Waals surface area contributed by atoms with E-state index < -0.39 is 0 Å². The molecule has 74 valence electrons. The fraction of sp³-hybridized carbons (Fsp3) is 1.00. The molecule has 0 amide bonds. The number of hydrogen-bond donors (Lipinski definition) is 1. The van der Waals surface area contributed by atoms with E-state index in [-0.39, 0.29) is 0 Å². The third-order valence-electron chi connectivity index (χ3n) is 4.23. The highest BCUT2D eigenvalue weighted by Gasteiger charge is 2.43. The maximum Gasteiger partial charge on any atom is 0.00700 e. The third-order valence-corrected chi connectivity index (χ3v) is 4.23. The number of rotatable bonds is 5. The van der Waals surface area contributed by atoms with Crippen LogP contribution >= 0.6 is 0 Å². The van der Waals surface area contributed by atoms with Crippen molar-refractivity contribution in [3.8, 4) is 0 Å². The van der Waals surface area contributed by atoms with Crippen molar-refractivity contribution in [1.82, 2.24) is 0 Å². The van der Waals surface area contributed by atoms with Gasteiger partial charge in [0.15, 0.2) is 0 Å². The summed E-state index contributed by atoms with van der Waals surface area (Å²) in [5, 5.41) is 0. The molecular formula is C12H21N. The van der Waals surface area contributed by atoms with Gasteiger partial charge >= 0.3 is 0 Å². The normalized spacial score (nSPS) is 30.9. The Morgan fingerprint density at radius 3 is 1.69 bits per heavy atom. The Kier molecular flexibility index (Phi) is 1.90. The lowest BCUT2D eigenvalue weighted by molar-refractivity contribution is 0.331. The quantitative estimate of drug-likeness (QED) is 0.689. The molecule has 0 aliphatic heterocycles. The molecule has 0 aromatic rings. The zero-order valence-corrected chi connectivity index (χ0v) is 8.41. The van der Waals surface area contributed by atoms with E-state index in [1.165, 1.54) is 44.9 Å². The highest BCUT2D eigenvalue weighted by atomic mass is 14.7. The smallest absolute Gasteiger partial charge is 0.00700 e. The summed E-state index contributed by atoms with van der Waals surface area (Å²) >= 11 is 0. The fourth-order valence-corrected chi connectivity index (χ4v) is 2.85. The predicted octanol–water partition coefficient (Wildman–Crippen LogP) is 2.55. The van der Waals surface area contributed by atoms with E-state index in [0.717, 1.165) is 23.7 Å². The van der Waals surface area contributed by atoms with Gasteiger partial charge in [-0.15, -0.1) is 0 Å². The zero-order chi connectivity index (χ0) is 8.84. The van der Waals surface area contributed by atoms with Crippen LogP contribution in [0.25, 0.3) is 0 Å². The minimum absolute atomic E-state index is 0.561. The Labute approximate surface area is 81.1 Å². The summed E-state index contributed by atoms with van der Waals surface area (Å²) in [4.78, 5) is 0. The van der Waals surface area contributed by atoms with E-state index in [9.17, 15) is 0 Å². The van der Waals surface area contributed by atoms with Gasteiger partial charge in [-0.05, 0) is 68.6 Å². The van der Waals surface area contributed by atoms with Gasteiger partial charge in [0.25, 0.3) is 0 Å². The first-order chi connectivity index (χ1) is 6.34. The summed E-state index contributed by atoms with van der Waals surface area (Å²) in [6.07, 6.45) is 10.3. The molecule has 3 fully saturated rings. The summed E-state index contributed by atoms with van der Waals surface area (Å²) in [6.45, 7) is 0. The molecule has 2 N–H and O–H groups in total. The largest absolute Gasteiger partial charge is 0.327 e. The van der Waals surface area contributed by atoms with Crippen LogP contribution in [0.3, 0.4) is 0 Å². The lowest BCUT2D eigenvalue weighted by Gasteiger charge is -2.20. The predicted molar refractivity (Wildman–Crippen MR) is 54.3 cm³/mol. The molecule has 0 aromatic heterocycles. The second kappa shape index (κ2) is 2.98. The maximum atomic E-state index is 6.21. The van der Waals surface area contributed by atoms with Crippen molar-refractivity contribution in [2.75, 3.05) is 0 Å². The molecule has 0 spiro atoms. The van der Waals surface area contributed by atoms with E-state index in [1.54, 1.807) is 0 Å². The Morgan fingerprint density at radius 1 is 0.846 bits per heavy atom. The van der Waals surface area contributed by atoms with Crippen LogP contribution in [0.4, 0.5) is 0 Å². The molecule has 3 rings (SSSR count). The SMILES string of the molecule is NC(CC(C1CC1)C1CC1)C1CC1. The van der Waals surface area contributed by atoms with E-state index in [4.69, 9.17) is 5.73 Å². The molecule has 3 aliphatic rings. The van der Waals surface area contributed by atoms with Crippen LogP contribution in [0.15, 0.2) is 0 Å². The van der Waals surface area contributed by atoms with Gasteiger partial charge in [-0.3, -0.25) is 0 Å². The van der Waals surface area contributed by atoms with Crippen molar-refractivity contribution >= 4 is 0 Å². The standard InChI is InChI=1S/C12H21N/c13-12(10-5-6-10)7-11(8-1-2-8)9-3-4-9/h8-12H,1-7,13H2. The van der Waals surface area contributed by atoms with Crippen LogP contribution < -0.4 is 5.73 Å². The third kappa shape index (κ3) is 1.90. The van der Waals surface area contributed by atoms with E-state index in [1.807, 2.05) is 0 Å². The zero-order valence-electron chi connectivity index (χ0n) is 8.41. The average molecular weight is 179 g/mol. The second-order valence-corrected chi connectivity index (χ2v) is 5.58. The molecule has 0 radical (unpaired) electrons. The first-order valence-electron chi connectivity index (χ1n) is 6.10. The summed E-state index contributed by atoms with van der Waals surface area (Å²) in [5.74, 6) is 4.14. The number of hydrogen-bond acceptors (Lipinski definition) is 1. The Hall–Kier alpha value is -0.0400.